The third kappa shape index (κ3) is 11.9. The van der Waals surface area contributed by atoms with E-state index in [9.17, 15) is 0 Å². The molecule has 0 amide bonds. The van der Waals surface area contributed by atoms with Crippen LogP contribution in [0.5, 0.6) is 0 Å². The molecular weight excluding hydrogens is 127 g/mol. The van der Waals surface area contributed by atoms with E-state index >= 15 is 0 Å². The summed E-state index contributed by atoms with van der Waals surface area (Å²) < 4.78 is 0. The monoisotopic (exact) mass is 132 g/mol. The van der Waals surface area contributed by atoms with E-state index in [4.69, 9.17) is 22.2 Å². The van der Waals surface area contributed by atoms with Gasteiger partial charge in [-0.15, -0.1) is 0 Å². The highest BCUT2D eigenvalue weighted by molar-refractivity contribution is 6.81. The Morgan fingerprint density at radius 2 is 0.750 bits per heavy atom. The molecular formula is H6Cl2Si2. The van der Waals surface area contributed by atoms with Gasteiger partial charge in [0.2, 0.25) is 0 Å². The standard InChI is InChI=1S/2ClH3Si/c2*1-2/h2*2H3. The fraction of sp³-hybridized carbons (Fsp3) is 0. The molecule has 0 heterocycles. The van der Waals surface area contributed by atoms with Crippen LogP contribution in [0.3, 0.4) is 0 Å². The Morgan fingerprint density at radius 3 is 0.750 bits per heavy atom. The van der Waals surface area contributed by atoms with E-state index in [-0.39, 0.29) is 0 Å². The third-order valence-corrected chi connectivity index (χ3v) is 0. The van der Waals surface area contributed by atoms with E-state index in [2.05, 4.69) is 0 Å². The maximum atomic E-state index is 4.78. The second-order valence-electron chi connectivity index (χ2n) is 0. The Kier molecular flexibility index (Phi) is 78.9. The number of halogens is 2. The van der Waals surface area contributed by atoms with Crippen molar-refractivity contribution in [3.05, 3.63) is 0 Å². The predicted molar refractivity (Wildman–Crippen MR) is 31.6 cm³/mol. The molecule has 4 heteroatoms. The quantitative estimate of drug-likeness (QED) is 0.294. The molecule has 0 aromatic rings. The van der Waals surface area contributed by atoms with Crippen molar-refractivity contribution in [2.45, 2.75) is 0 Å². The molecule has 0 unspecified atom stereocenters. The molecule has 0 aliphatic heterocycles. The molecule has 0 atom stereocenters. The zero-order valence-corrected chi connectivity index (χ0v) is 8.27. The normalized spacial score (nSPS) is 4.50. The Balaban J connectivity index is 0. The minimum atomic E-state index is 0.778. The van der Waals surface area contributed by atoms with Crippen molar-refractivity contribution in [3.63, 3.8) is 0 Å². The van der Waals surface area contributed by atoms with Gasteiger partial charge in [0.1, 0.15) is 19.1 Å². The van der Waals surface area contributed by atoms with Gasteiger partial charge < -0.3 is 0 Å². The summed E-state index contributed by atoms with van der Waals surface area (Å²) in [4.78, 5) is 0. The van der Waals surface area contributed by atoms with Crippen LogP contribution >= 0.6 is 22.2 Å². The summed E-state index contributed by atoms with van der Waals surface area (Å²) in [5.74, 6) is 0. The summed E-state index contributed by atoms with van der Waals surface area (Å²) >= 11 is 9.56. The topological polar surface area (TPSA) is 0 Å². The molecule has 0 aromatic carbocycles. The van der Waals surface area contributed by atoms with Crippen molar-refractivity contribution in [3.8, 4) is 0 Å². The van der Waals surface area contributed by atoms with Crippen molar-refractivity contribution in [2.75, 3.05) is 0 Å². The van der Waals surface area contributed by atoms with E-state index in [0.29, 0.717) is 0 Å². The molecule has 0 nitrogen and oxygen atoms in total. The summed E-state index contributed by atoms with van der Waals surface area (Å²) in [6.07, 6.45) is 0. The lowest BCUT2D eigenvalue weighted by Crippen LogP contribution is -0.980. The molecule has 0 fully saturated rings. The summed E-state index contributed by atoms with van der Waals surface area (Å²) in [6, 6.07) is 0. The maximum Gasteiger partial charge on any atom is 0.109 e. The van der Waals surface area contributed by atoms with Crippen molar-refractivity contribution in [1.82, 2.24) is 0 Å². The molecule has 0 saturated carbocycles. The van der Waals surface area contributed by atoms with E-state index in [1.54, 1.807) is 0 Å². The van der Waals surface area contributed by atoms with Crippen molar-refractivity contribution < 1.29 is 0 Å². The molecule has 0 aliphatic carbocycles. The lowest BCUT2D eigenvalue weighted by molar-refractivity contribution is 4.80. The van der Waals surface area contributed by atoms with Crippen LogP contribution in [0.4, 0.5) is 0 Å². The third-order valence-electron chi connectivity index (χ3n) is 0. The first-order valence-corrected chi connectivity index (χ1v) is 6.80. The van der Waals surface area contributed by atoms with Gasteiger partial charge in [-0.25, -0.2) is 0 Å². The van der Waals surface area contributed by atoms with Crippen LogP contribution in [-0.2, 0) is 0 Å². The van der Waals surface area contributed by atoms with Gasteiger partial charge in [-0.3, -0.25) is 0 Å². The highest BCUT2D eigenvalue weighted by Crippen LogP contribution is 1.29. The molecule has 0 rings (SSSR count). The highest BCUT2D eigenvalue weighted by Gasteiger charge is 0.977. The maximum absolute atomic E-state index is 4.78. The fourth-order valence-electron chi connectivity index (χ4n) is 0. The molecule has 0 radical (unpaired) electrons. The smallest absolute Gasteiger partial charge is 0.109 e. The summed E-state index contributed by atoms with van der Waals surface area (Å²) in [6.45, 7) is 0. The van der Waals surface area contributed by atoms with E-state index in [1.807, 2.05) is 0 Å². The van der Waals surface area contributed by atoms with Gasteiger partial charge in [0.25, 0.3) is 0 Å². The number of hydrogen-bond acceptors (Lipinski definition) is 0. The molecule has 0 saturated heterocycles. The van der Waals surface area contributed by atoms with Gasteiger partial charge in [0.15, 0.2) is 0 Å². The zero-order chi connectivity index (χ0) is 4.00. The lowest BCUT2D eigenvalue weighted by atomic mass is 28.0. The lowest BCUT2D eigenvalue weighted by Gasteiger charge is -1.05. The average molecular weight is 133 g/mol. The average Bonchev–Trinajstić information content (AvgIpc) is 1.50. The van der Waals surface area contributed by atoms with Crippen LogP contribution in [0.15, 0.2) is 0 Å². The van der Waals surface area contributed by atoms with Crippen molar-refractivity contribution >= 4 is 41.3 Å². The first-order valence-electron chi connectivity index (χ1n) is 0.756. The second-order valence-corrected chi connectivity index (χ2v) is 0. The predicted octanol–water partition coefficient (Wildman–Crippen LogP) is -0.989. The number of rotatable bonds is 0. The molecule has 4 heavy (non-hydrogen) atoms. The number of hydrogen-bond donors (Lipinski definition) is 0. The van der Waals surface area contributed by atoms with Crippen LogP contribution in [0, 0.1) is 0 Å². The Labute approximate surface area is 41.7 Å². The summed E-state index contributed by atoms with van der Waals surface area (Å²) in [5.41, 5.74) is 0. The van der Waals surface area contributed by atoms with Gasteiger partial charge in [-0.2, -0.15) is 22.2 Å². The zero-order valence-electron chi connectivity index (χ0n) is 2.76. The highest BCUT2D eigenvalue weighted by atomic mass is 35.6. The molecule has 0 aliphatic rings. The van der Waals surface area contributed by atoms with Gasteiger partial charge in [-0.1, -0.05) is 0 Å². The Morgan fingerprint density at radius 1 is 0.750 bits per heavy atom. The summed E-state index contributed by atoms with van der Waals surface area (Å²) in [7, 11) is 1.56. The Bertz CT molecular complexity index is 4.00. The van der Waals surface area contributed by atoms with Crippen molar-refractivity contribution in [1.29, 1.82) is 0 Å². The molecule has 0 spiro atoms. The first-order chi connectivity index (χ1) is 2.00. The van der Waals surface area contributed by atoms with Crippen LogP contribution < -0.4 is 0 Å². The molecule has 28 valence electrons. The van der Waals surface area contributed by atoms with E-state index in [0.717, 1.165) is 19.1 Å². The second kappa shape index (κ2) is 35.5. The van der Waals surface area contributed by atoms with Crippen LogP contribution in [-0.4, -0.2) is 19.1 Å². The van der Waals surface area contributed by atoms with Gasteiger partial charge in [0.05, 0.1) is 0 Å². The van der Waals surface area contributed by atoms with E-state index < -0.39 is 0 Å². The van der Waals surface area contributed by atoms with Crippen molar-refractivity contribution in [2.24, 2.45) is 0 Å². The van der Waals surface area contributed by atoms with Gasteiger partial charge >= 0.3 is 0 Å². The first kappa shape index (κ1) is 8.89. The fourth-order valence-corrected chi connectivity index (χ4v) is 0. The molecule has 0 N–H and O–H groups in total. The molecule has 0 bridgehead atoms. The minimum absolute atomic E-state index is 0.778. The van der Waals surface area contributed by atoms with Gasteiger partial charge in [0, 0.05) is 0 Å². The minimum Gasteiger partial charge on any atom is -0.181 e. The van der Waals surface area contributed by atoms with Gasteiger partial charge in [-0.05, 0) is 0 Å². The van der Waals surface area contributed by atoms with E-state index in [1.165, 1.54) is 0 Å². The Hall–Kier alpha value is 1.01. The van der Waals surface area contributed by atoms with Crippen LogP contribution in [0.1, 0.15) is 0 Å². The SMILES string of the molecule is [SiH3]Cl.[SiH3]Cl. The summed E-state index contributed by atoms with van der Waals surface area (Å²) in [5, 5.41) is 0. The van der Waals surface area contributed by atoms with Crippen LogP contribution in [0.25, 0.3) is 0 Å². The largest absolute Gasteiger partial charge is 0.181 e. The molecule has 0 aromatic heterocycles. The van der Waals surface area contributed by atoms with Crippen LogP contribution in [0.2, 0.25) is 0 Å².